The zero-order valence-electron chi connectivity index (χ0n) is 14.4. The third-order valence-electron chi connectivity index (χ3n) is 4.42. The van der Waals surface area contributed by atoms with E-state index in [-0.39, 0.29) is 48.3 Å². The number of carbonyl (C=O) groups is 1. The second-order valence-electron chi connectivity index (χ2n) is 6.60. The summed E-state index contributed by atoms with van der Waals surface area (Å²) in [5, 5.41) is 6.03. The molecule has 3 rings (SSSR count). The van der Waals surface area contributed by atoms with Crippen molar-refractivity contribution >= 4 is 48.1 Å². The van der Waals surface area contributed by atoms with Crippen molar-refractivity contribution in [3.63, 3.8) is 0 Å². The highest BCUT2D eigenvalue weighted by Gasteiger charge is 2.33. The van der Waals surface area contributed by atoms with Crippen LogP contribution in [-0.2, 0) is 11.0 Å². The molecular formula is C16H22Cl3F3N4O. The molecule has 154 valence electrons. The number of nitrogens with zero attached hydrogens (tertiary/aromatic N) is 2. The number of aromatic nitrogens is 1. The Morgan fingerprint density at radius 3 is 2.59 bits per heavy atom. The minimum absolute atomic E-state index is 0. The molecule has 1 saturated carbocycles. The van der Waals surface area contributed by atoms with Crippen molar-refractivity contribution in [1.29, 1.82) is 0 Å². The first-order valence-electron chi connectivity index (χ1n) is 8.30. The molecule has 1 aliphatic heterocycles. The van der Waals surface area contributed by atoms with Gasteiger partial charge in [-0.3, -0.25) is 4.79 Å². The second-order valence-corrected chi connectivity index (χ2v) is 7.01. The van der Waals surface area contributed by atoms with Crippen LogP contribution in [-0.4, -0.2) is 43.1 Å². The molecule has 1 aliphatic carbocycles. The Bertz CT molecular complexity index is 644. The molecule has 0 aromatic carbocycles. The van der Waals surface area contributed by atoms with Gasteiger partial charge >= 0.3 is 6.18 Å². The number of hydrogen-bond acceptors (Lipinski definition) is 4. The van der Waals surface area contributed by atoms with Crippen LogP contribution in [0.25, 0.3) is 0 Å². The lowest BCUT2D eigenvalue weighted by atomic mass is 10.2. The highest BCUT2D eigenvalue weighted by molar-refractivity contribution is 6.33. The van der Waals surface area contributed by atoms with Crippen molar-refractivity contribution < 1.29 is 18.0 Å². The van der Waals surface area contributed by atoms with Gasteiger partial charge in [0, 0.05) is 25.3 Å². The van der Waals surface area contributed by atoms with Crippen LogP contribution in [0.1, 0.15) is 24.8 Å². The van der Waals surface area contributed by atoms with E-state index < -0.39 is 11.7 Å². The molecule has 1 atom stereocenters. The lowest BCUT2D eigenvalue weighted by Gasteiger charge is -2.20. The second kappa shape index (κ2) is 10.0. The molecule has 2 aliphatic rings. The van der Waals surface area contributed by atoms with E-state index in [1.165, 1.54) is 12.8 Å². The number of hydrogen-bond donors (Lipinski definition) is 2. The minimum Gasteiger partial charge on any atom is -0.353 e. The first-order valence-corrected chi connectivity index (χ1v) is 8.68. The fourth-order valence-electron chi connectivity index (χ4n) is 2.88. The Hall–Kier alpha value is -0.960. The number of rotatable bonds is 6. The van der Waals surface area contributed by atoms with E-state index in [1.807, 2.05) is 0 Å². The molecule has 27 heavy (non-hydrogen) atoms. The number of nitrogens with one attached hydrogen (secondary N) is 2. The van der Waals surface area contributed by atoms with Gasteiger partial charge < -0.3 is 15.5 Å². The molecule has 0 spiro atoms. The molecule has 1 aromatic heterocycles. The molecule has 1 aromatic rings. The summed E-state index contributed by atoms with van der Waals surface area (Å²) in [7, 11) is 0. The van der Waals surface area contributed by atoms with Gasteiger partial charge in [0.15, 0.2) is 0 Å². The summed E-state index contributed by atoms with van der Waals surface area (Å²) >= 11 is 5.97. The fourth-order valence-corrected chi connectivity index (χ4v) is 3.17. The summed E-state index contributed by atoms with van der Waals surface area (Å²) in [6.45, 7) is 2.21. The van der Waals surface area contributed by atoms with Gasteiger partial charge in [-0.05, 0) is 37.8 Å². The first-order chi connectivity index (χ1) is 11.8. The van der Waals surface area contributed by atoms with Crippen LogP contribution in [0.2, 0.25) is 5.02 Å². The Kier molecular flexibility index (Phi) is 8.92. The molecule has 2 fully saturated rings. The average Bonchev–Trinajstić information content (AvgIpc) is 3.24. The van der Waals surface area contributed by atoms with Gasteiger partial charge in [-0.1, -0.05) is 11.6 Å². The quantitative estimate of drug-likeness (QED) is 0.700. The average molecular weight is 450 g/mol. The molecule has 11 heteroatoms. The number of pyridine rings is 1. The van der Waals surface area contributed by atoms with Crippen LogP contribution >= 0.6 is 36.4 Å². The summed E-state index contributed by atoms with van der Waals surface area (Å²) in [4.78, 5) is 17.6. The fraction of sp³-hybridized carbons (Fsp3) is 0.625. The third kappa shape index (κ3) is 6.85. The molecule has 2 N–H and O–H groups in total. The van der Waals surface area contributed by atoms with E-state index in [1.54, 1.807) is 4.90 Å². The Morgan fingerprint density at radius 1 is 1.30 bits per heavy atom. The van der Waals surface area contributed by atoms with Crippen molar-refractivity contribution in [2.24, 2.45) is 5.92 Å². The number of amides is 1. The van der Waals surface area contributed by atoms with Crippen LogP contribution in [0.4, 0.5) is 19.0 Å². The predicted octanol–water partition coefficient (Wildman–Crippen LogP) is 3.29. The van der Waals surface area contributed by atoms with E-state index in [4.69, 9.17) is 11.6 Å². The van der Waals surface area contributed by atoms with Crippen LogP contribution in [0.3, 0.4) is 0 Å². The SMILES string of the molecule is Cl.Cl.O=C(CNCC1CC1)NC1CCN(c2ncc(C(F)(F)F)cc2Cl)C1. The van der Waals surface area contributed by atoms with Crippen LogP contribution in [0.15, 0.2) is 12.3 Å². The third-order valence-corrected chi connectivity index (χ3v) is 4.70. The van der Waals surface area contributed by atoms with Gasteiger partial charge in [-0.25, -0.2) is 4.98 Å². The number of halogens is 6. The van der Waals surface area contributed by atoms with E-state index in [2.05, 4.69) is 15.6 Å². The maximum Gasteiger partial charge on any atom is 0.417 e. The van der Waals surface area contributed by atoms with Crippen molar-refractivity contribution in [3.8, 4) is 0 Å². The van der Waals surface area contributed by atoms with Gasteiger partial charge in [0.1, 0.15) is 5.82 Å². The lowest BCUT2D eigenvalue weighted by molar-refractivity contribution is -0.137. The number of alkyl halides is 3. The van der Waals surface area contributed by atoms with Crippen molar-refractivity contribution in [2.75, 3.05) is 31.1 Å². The van der Waals surface area contributed by atoms with Gasteiger partial charge in [-0.15, -0.1) is 24.8 Å². The Labute approximate surface area is 173 Å². The summed E-state index contributed by atoms with van der Waals surface area (Å²) in [5.41, 5.74) is -0.868. The summed E-state index contributed by atoms with van der Waals surface area (Å²) in [6, 6.07) is 0.827. The van der Waals surface area contributed by atoms with E-state index in [9.17, 15) is 18.0 Å². The zero-order valence-corrected chi connectivity index (χ0v) is 16.8. The van der Waals surface area contributed by atoms with E-state index in [0.29, 0.717) is 31.2 Å². The zero-order chi connectivity index (χ0) is 18.0. The van der Waals surface area contributed by atoms with E-state index in [0.717, 1.165) is 18.8 Å². The lowest BCUT2D eigenvalue weighted by Crippen LogP contribution is -2.42. The maximum atomic E-state index is 12.7. The topological polar surface area (TPSA) is 57.3 Å². The highest BCUT2D eigenvalue weighted by Crippen LogP contribution is 2.34. The number of carbonyl (C=O) groups excluding carboxylic acids is 1. The minimum atomic E-state index is -4.47. The normalized spacial score (nSPS) is 19.3. The number of anilines is 1. The van der Waals surface area contributed by atoms with Crippen molar-refractivity contribution in [1.82, 2.24) is 15.6 Å². The molecule has 0 radical (unpaired) electrons. The Balaban J connectivity index is 0.00000182. The van der Waals surface area contributed by atoms with Crippen LogP contribution < -0.4 is 15.5 Å². The van der Waals surface area contributed by atoms with E-state index >= 15 is 0 Å². The first kappa shape index (κ1) is 24.1. The summed E-state index contributed by atoms with van der Waals surface area (Å²) in [6.07, 6.45) is -0.521. The monoisotopic (exact) mass is 448 g/mol. The maximum absolute atomic E-state index is 12.7. The largest absolute Gasteiger partial charge is 0.417 e. The predicted molar refractivity (Wildman–Crippen MR) is 103 cm³/mol. The summed E-state index contributed by atoms with van der Waals surface area (Å²) in [5.74, 6) is 0.958. The molecule has 0 bridgehead atoms. The molecule has 2 heterocycles. The summed E-state index contributed by atoms with van der Waals surface area (Å²) < 4.78 is 38.0. The Morgan fingerprint density at radius 2 is 2.00 bits per heavy atom. The van der Waals surface area contributed by atoms with Crippen molar-refractivity contribution in [3.05, 3.63) is 22.8 Å². The molecule has 5 nitrogen and oxygen atoms in total. The molecule has 1 unspecified atom stereocenters. The van der Waals surface area contributed by atoms with Gasteiger partial charge in [0.05, 0.1) is 17.1 Å². The van der Waals surface area contributed by atoms with Gasteiger partial charge in [0.2, 0.25) is 5.91 Å². The standard InChI is InChI=1S/C16H20ClF3N4O.2ClH/c17-13-5-11(16(18,19)20)7-22-15(13)24-4-3-12(9-24)23-14(25)8-21-6-10-1-2-10;;/h5,7,10,12,21H,1-4,6,8-9H2,(H,23,25);2*1H. The van der Waals surface area contributed by atoms with Crippen LogP contribution in [0.5, 0.6) is 0 Å². The van der Waals surface area contributed by atoms with Gasteiger partial charge in [-0.2, -0.15) is 13.2 Å². The molecule has 1 amide bonds. The smallest absolute Gasteiger partial charge is 0.353 e. The highest BCUT2D eigenvalue weighted by atomic mass is 35.5. The van der Waals surface area contributed by atoms with Crippen LogP contribution in [0, 0.1) is 5.92 Å². The molecule has 1 saturated heterocycles. The van der Waals surface area contributed by atoms with Crippen molar-refractivity contribution in [2.45, 2.75) is 31.5 Å². The molecular weight excluding hydrogens is 428 g/mol. The van der Waals surface area contributed by atoms with Gasteiger partial charge in [0.25, 0.3) is 0 Å².